The third-order valence-electron chi connectivity index (χ3n) is 4.81. The van der Waals surface area contributed by atoms with Crippen molar-refractivity contribution in [3.05, 3.63) is 77.7 Å². The normalized spacial score (nSPS) is 11.6. The van der Waals surface area contributed by atoms with E-state index in [1.807, 2.05) is 47.8 Å². The smallest absolute Gasteiger partial charge is 0.275 e. The molecule has 2 aromatic carbocycles. The standard InChI is InChI=1S/C23H26N2O5/c1-27-19-13-21(29-3)20(28-2)12-17(19)14-24-22(26)15-25-23(18-10-7-11-30-18)16-8-5-4-6-9-16/h4-13,23,25H,14-15H2,1-3H3,(H,24,26)/p+1/t23-/m1/s1. The van der Waals surface area contributed by atoms with Crippen LogP contribution in [0.2, 0.25) is 0 Å². The van der Waals surface area contributed by atoms with E-state index in [2.05, 4.69) is 5.32 Å². The largest absolute Gasteiger partial charge is 0.496 e. The molecule has 0 saturated carbocycles. The monoisotopic (exact) mass is 411 g/mol. The van der Waals surface area contributed by atoms with E-state index in [0.717, 1.165) is 16.9 Å². The molecule has 0 aliphatic carbocycles. The van der Waals surface area contributed by atoms with Gasteiger partial charge in [0.15, 0.2) is 29.8 Å². The molecule has 30 heavy (non-hydrogen) atoms. The van der Waals surface area contributed by atoms with E-state index in [-0.39, 0.29) is 18.5 Å². The Morgan fingerprint density at radius 2 is 1.67 bits per heavy atom. The van der Waals surface area contributed by atoms with Gasteiger partial charge in [-0.05, 0) is 18.2 Å². The summed E-state index contributed by atoms with van der Waals surface area (Å²) in [4.78, 5) is 12.5. The molecule has 0 saturated heterocycles. The van der Waals surface area contributed by atoms with Gasteiger partial charge in [0.2, 0.25) is 0 Å². The van der Waals surface area contributed by atoms with Gasteiger partial charge < -0.3 is 29.3 Å². The maximum absolute atomic E-state index is 12.5. The van der Waals surface area contributed by atoms with Crippen LogP contribution in [0.15, 0.2) is 65.3 Å². The SMILES string of the molecule is COc1cc(OC)c(OC)cc1CNC(=O)C[NH2+][C@H](c1ccccc1)c1ccco1. The van der Waals surface area contributed by atoms with Crippen molar-refractivity contribution in [2.75, 3.05) is 27.9 Å². The number of benzene rings is 2. The average Bonchev–Trinajstić information content (AvgIpc) is 3.32. The topological polar surface area (TPSA) is 86.5 Å². The number of quaternary nitrogens is 1. The Balaban J connectivity index is 1.64. The van der Waals surface area contributed by atoms with Crippen molar-refractivity contribution in [2.45, 2.75) is 12.6 Å². The molecule has 1 atom stereocenters. The van der Waals surface area contributed by atoms with Gasteiger partial charge in [-0.1, -0.05) is 30.3 Å². The molecule has 0 radical (unpaired) electrons. The van der Waals surface area contributed by atoms with Crippen LogP contribution in [-0.4, -0.2) is 33.8 Å². The predicted octanol–water partition coefficient (Wildman–Crippen LogP) is 2.27. The minimum atomic E-state index is -0.0978. The molecule has 0 aliphatic rings. The van der Waals surface area contributed by atoms with Gasteiger partial charge >= 0.3 is 0 Å². The van der Waals surface area contributed by atoms with Gasteiger partial charge in [0.05, 0.1) is 27.6 Å². The molecular formula is C23H27N2O5+. The Labute approximate surface area is 175 Å². The molecule has 1 heterocycles. The lowest BCUT2D eigenvalue weighted by Crippen LogP contribution is -2.87. The molecule has 0 fully saturated rings. The third-order valence-corrected chi connectivity index (χ3v) is 4.81. The molecular weight excluding hydrogens is 384 g/mol. The summed E-state index contributed by atoms with van der Waals surface area (Å²) in [5.74, 6) is 2.47. The van der Waals surface area contributed by atoms with Crippen LogP contribution in [0.5, 0.6) is 17.2 Å². The van der Waals surface area contributed by atoms with Gasteiger partial charge in [0.1, 0.15) is 5.75 Å². The van der Waals surface area contributed by atoms with Crippen molar-refractivity contribution in [3.63, 3.8) is 0 Å². The Morgan fingerprint density at radius 1 is 0.967 bits per heavy atom. The second-order valence-corrected chi connectivity index (χ2v) is 6.64. The van der Waals surface area contributed by atoms with Crippen molar-refractivity contribution in [2.24, 2.45) is 0 Å². The first-order valence-electron chi connectivity index (χ1n) is 9.63. The Bertz CT molecular complexity index is 942. The molecule has 7 heteroatoms. The lowest BCUT2D eigenvalue weighted by atomic mass is 10.0. The van der Waals surface area contributed by atoms with Crippen LogP contribution in [0.3, 0.4) is 0 Å². The van der Waals surface area contributed by atoms with Crippen molar-refractivity contribution in [1.29, 1.82) is 0 Å². The first kappa shape index (κ1) is 21.3. The van der Waals surface area contributed by atoms with Gasteiger partial charge in [0.25, 0.3) is 5.91 Å². The fourth-order valence-corrected chi connectivity index (χ4v) is 3.27. The minimum Gasteiger partial charge on any atom is -0.496 e. The maximum Gasteiger partial charge on any atom is 0.275 e. The first-order chi connectivity index (χ1) is 14.7. The molecule has 3 aromatic rings. The summed E-state index contributed by atoms with van der Waals surface area (Å²) in [5, 5.41) is 4.89. The minimum absolute atomic E-state index is 0.0948. The number of amides is 1. The van der Waals surface area contributed by atoms with Gasteiger partial charge in [-0.3, -0.25) is 4.79 Å². The lowest BCUT2D eigenvalue weighted by Gasteiger charge is -2.16. The molecule has 0 unspecified atom stereocenters. The zero-order valence-corrected chi connectivity index (χ0v) is 17.4. The molecule has 158 valence electrons. The summed E-state index contributed by atoms with van der Waals surface area (Å²) >= 11 is 0. The fraction of sp³-hybridized carbons (Fsp3) is 0.261. The Morgan fingerprint density at radius 3 is 2.30 bits per heavy atom. The zero-order chi connectivity index (χ0) is 21.3. The number of nitrogens with two attached hydrogens (primary N) is 1. The number of nitrogens with one attached hydrogen (secondary N) is 1. The van der Waals surface area contributed by atoms with Crippen LogP contribution in [0.4, 0.5) is 0 Å². The first-order valence-corrected chi connectivity index (χ1v) is 9.63. The van der Waals surface area contributed by atoms with Crippen molar-refractivity contribution in [1.82, 2.24) is 5.32 Å². The second kappa shape index (κ2) is 10.4. The summed E-state index contributed by atoms with van der Waals surface area (Å²) in [6, 6.07) is 17.2. The van der Waals surface area contributed by atoms with E-state index in [1.54, 1.807) is 39.7 Å². The number of carbonyl (C=O) groups excluding carboxylic acids is 1. The van der Waals surface area contributed by atoms with Crippen LogP contribution in [0.25, 0.3) is 0 Å². The maximum atomic E-state index is 12.5. The van der Waals surface area contributed by atoms with Gasteiger partial charge in [-0.25, -0.2) is 0 Å². The number of methoxy groups -OCH3 is 3. The van der Waals surface area contributed by atoms with Crippen LogP contribution in [0, 0.1) is 0 Å². The molecule has 3 rings (SSSR count). The van der Waals surface area contributed by atoms with E-state index in [4.69, 9.17) is 18.6 Å². The molecule has 7 nitrogen and oxygen atoms in total. The van der Waals surface area contributed by atoms with Gasteiger partial charge in [0, 0.05) is 23.7 Å². The molecule has 0 spiro atoms. The highest BCUT2D eigenvalue weighted by molar-refractivity contribution is 5.76. The highest BCUT2D eigenvalue weighted by Gasteiger charge is 2.21. The molecule has 3 N–H and O–H groups in total. The van der Waals surface area contributed by atoms with E-state index < -0.39 is 0 Å². The number of ether oxygens (including phenoxy) is 3. The number of hydrogen-bond donors (Lipinski definition) is 2. The average molecular weight is 411 g/mol. The van der Waals surface area contributed by atoms with Gasteiger partial charge in [-0.15, -0.1) is 0 Å². The fourth-order valence-electron chi connectivity index (χ4n) is 3.27. The highest BCUT2D eigenvalue weighted by Crippen LogP contribution is 2.34. The highest BCUT2D eigenvalue weighted by atomic mass is 16.5. The van der Waals surface area contributed by atoms with Crippen molar-refractivity contribution >= 4 is 5.91 Å². The van der Waals surface area contributed by atoms with Gasteiger partial charge in [-0.2, -0.15) is 0 Å². The predicted molar refractivity (Wildman–Crippen MR) is 112 cm³/mol. The second-order valence-electron chi connectivity index (χ2n) is 6.64. The number of furan rings is 1. The van der Waals surface area contributed by atoms with Crippen LogP contribution in [-0.2, 0) is 11.3 Å². The van der Waals surface area contributed by atoms with Crippen LogP contribution in [0.1, 0.15) is 22.9 Å². The van der Waals surface area contributed by atoms with Crippen LogP contribution >= 0.6 is 0 Å². The summed E-state index contributed by atoms with van der Waals surface area (Å²) < 4.78 is 21.6. The quantitative estimate of drug-likeness (QED) is 0.535. The molecule has 1 amide bonds. The number of hydrogen-bond acceptors (Lipinski definition) is 5. The molecule has 0 aliphatic heterocycles. The van der Waals surface area contributed by atoms with E-state index >= 15 is 0 Å². The number of rotatable bonds is 10. The van der Waals surface area contributed by atoms with Crippen LogP contribution < -0.4 is 24.8 Å². The van der Waals surface area contributed by atoms with E-state index in [1.165, 1.54) is 0 Å². The number of carbonyl (C=O) groups is 1. The van der Waals surface area contributed by atoms with E-state index in [9.17, 15) is 4.79 Å². The third kappa shape index (κ3) is 5.12. The summed E-state index contributed by atoms with van der Waals surface area (Å²) in [6.07, 6.45) is 1.64. The lowest BCUT2D eigenvalue weighted by molar-refractivity contribution is -0.678. The van der Waals surface area contributed by atoms with E-state index in [0.29, 0.717) is 23.8 Å². The summed E-state index contributed by atoms with van der Waals surface area (Å²) in [6.45, 7) is 0.558. The van der Waals surface area contributed by atoms with Crippen molar-refractivity contribution in [3.8, 4) is 17.2 Å². The Hall–Kier alpha value is -3.45. The Kier molecular flexibility index (Phi) is 7.34. The summed E-state index contributed by atoms with van der Waals surface area (Å²) in [5.41, 5.74) is 1.87. The van der Waals surface area contributed by atoms with Crippen molar-refractivity contribution < 1.29 is 28.7 Å². The molecule has 1 aromatic heterocycles. The zero-order valence-electron chi connectivity index (χ0n) is 17.4. The molecule has 0 bridgehead atoms. The summed E-state index contributed by atoms with van der Waals surface area (Å²) in [7, 11) is 4.71.